The second-order valence-electron chi connectivity index (χ2n) is 6.44. The van der Waals surface area contributed by atoms with Crippen molar-refractivity contribution in [2.75, 3.05) is 45.9 Å². The third kappa shape index (κ3) is 4.30. The van der Waals surface area contributed by atoms with Gasteiger partial charge >= 0.3 is 0 Å². The molecule has 0 radical (unpaired) electrons. The van der Waals surface area contributed by atoms with Gasteiger partial charge in [-0.2, -0.15) is 0 Å². The van der Waals surface area contributed by atoms with Crippen molar-refractivity contribution < 1.29 is 14.7 Å². The second-order valence-corrected chi connectivity index (χ2v) is 6.44. The van der Waals surface area contributed by atoms with Crippen LogP contribution < -0.4 is 5.32 Å². The number of hydrogen-bond donors (Lipinski definition) is 2. The normalized spacial score (nSPS) is 18.5. The first-order chi connectivity index (χ1) is 11.7. The molecule has 2 fully saturated rings. The van der Waals surface area contributed by atoms with Crippen molar-refractivity contribution in [2.45, 2.75) is 12.8 Å². The lowest BCUT2D eigenvalue weighted by Crippen LogP contribution is -2.49. The minimum Gasteiger partial charge on any atom is -0.395 e. The van der Waals surface area contributed by atoms with E-state index in [-0.39, 0.29) is 18.4 Å². The van der Waals surface area contributed by atoms with Crippen LogP contribution in [-0.4, -0.2) is 77.6 Å². The largest absolute Gasteiger partial charge is 0.395 e. The molecule has 0 unspecified atom stereocenters. The summed E-state index contributed by atoms with van der Waals surface area (Å²) in [6, 6.07) is 3.28. The molecule has 0 atom stereocenters. The highest BCUT2D eigenvalue weighted by atomic mass is 16.3. The lowest BCUT2D eigenvalue weighted by Gasteiger charge is -2.34. The van der Waals surface area contributed by atoms with Gasteiger partial charge in [0.15, 0.2) is 0 Å². The van der Waals surface area contributed by atoms with Gasteiger partial charge in [-0.1, -0.05) is 0 Å². The van der Waals surface area contributed by atoms with E-state index in [4.69, 9.17) is 5.11 Å². The number of carbonyl (C=O) groups excluding carboxylic acids is 2. The lowest BCUT2D eigenvalue weighted by atomic mass is 10.2. The number of pyridine rings is 1. The van der Waals surface area contributed by atoms with Crippen molar-refractivity contribution in [1.82, 2.24) is 20.1 Å². The van der Waals surface area contributed by atoms with Crippen molar-refractivity contribution in [2.24, 2.45) is 5.92 Å². The number of β-amino-alcohol motifs (C(OH)–C–C–N with tert-alkyl or cyclic N) is 1. The van der Waals surface area contributed by atoms with Gasteiger partial charge in [0.05, 0.1) is 12.2 Å². The molecule has 0 bridgehead atoms. The molecule has 2 aliphatic rings. The summed E-state index contributed by atoms with van der Waals surface area (Å²) in [5.41, 5.74) is 0.851. The number of nitrogens with zero attached hydrogens (tertiary/aromatic N) is 3. The Labute approximate surface area is 141 Å². The zero-order valence-electron chi connectivity index (χ0n) is 13.8. The molecule has 0 spiro atoms. The van der Waals surface area contributed by atoms with Crippen LogP contribution in [0.25, 0.3) is 0 Å². The van der Waals surface area contributed by atoms with Crippen LogP contribution in [0.3, 0.4) is 0 Å². The molecule has 1 aromatic heterocycles. The van der Waals surface area contributed by atoms with Crippen LogP contribution in [0.2, 0.25) is 0 Å². The number of amides is 2. The Morgan fingerprint density at radius 2 is 1.96 bits per heavy atom. The van der Waals surface area contributed by atoms with Gasteiger partial charge in [0.2, 0.25) is 0 Å². The Balaban J connectivity index is 1.52. The summed E-state index contributed by atoms with van der Waals surface area (Å²) in [6.45, 7) is 4.28. The smallest absolute Gasteiger partial charge is 0.272 e. The Morgan fingerprint density at radius 3 is 2.54 bits per heavy atom. The maximum Gasteiger partial charge on any atom is 0.272 e. The molecule has 2 heterocycles. The number of aliphatic hydroxyl groups excluding tert-OH is 1. The molecule has 1 saturated heterocycles. The molecule has 7 nitrogen and oxygen atoms in total. The number of aliphatic hydroxyl groups is 1. The van der Waals surface area contributed by atoms with Crippen LogP contribution >= 0.6 is 0 Å². The van der Waals surface area contributed by atoms with Gasteiger partial charge in [-0.25, -0.2) is 0 Å². The molecule has 24 heavy (non-hydrogen) atoms. The lowest BCUT2D eigenvalue weighted by molar-refractivity contribution is 0.0609. The molecular weight excluding hydrogens is 308 g/mol. The SMILES string of the molecule is O=C(NCC1CC1)c1ccc(C(=O)N2CCN(CCO)CC2)nc1. The monoisotopic (exact) mass is 332 g/mol. The molecule has 130 valence electrons. The Bertz CT molecular complexity index is 578. The molecule has 1 aliphatic carbocycles. The van der Waals surface area contributed by atoms with E-state index in [0.717, 1.165) is 19.6 Å². The number of aromatic nitrogens is 1. The topological polar surface area (TPSA) is 85.8 Å². The summed E-state index contributed by atoms with van der Waals surface area (Å²) >= 11 is 0. The number of hydrogen-bond acceptors (Lipinski definition) is 5. The van der Waals surface area contributed by atoms with E-state index in [2.05, 4.69) is 15.2 Å². The van der Waals surface area contributed by atoms with Gasteiger partial charge in [0.25, 0.3) is 11.8 Å². The fourth-order valence-corrected chi connectivity index (χ4v) is 2.79. The van der Waals surface area contributed by atoms with Gasteiger partial charge in [-0.05, 0) is 30.9 Å². The zero-order valence-corrected chi connectivity index (χ0v) is 13.8. The Morgan fingerprint density at radius 1 is 1.21 bits per heavy atom. The first-order valence-electron chi connectivity index (χ1n) is 8.54. The number of carbonyl (C=O) groups is 2. The highest BCUT2D eigenvalue weighted by Crippen LogP contribution is 2.27. The van der Waals surface area contributed by atoms with Crippen LogP contribution in [0.5, 0.6) is 0 Å². The highest BCUT2D eigenvalue weighted by Gasteiger charge is 2.24. The standard InChI is InChI=1S/C17H24N4O3/c22-10-9-20-5-7-21(8-6-20)17(24)15-4-3-14(12-18-15)16(23)19-11-13-1-2-13/h3-4,12-13,22H,1-2,5-11H2,(H,19,23). The van der Waals surface area contributed by atoms with E-state index in [9.17, 15) is 9.59 Å². The number of piperazine rings is 1. The molecule has 3 rings (SSSR count). The maximum atomic E-state index is 12.5. The molecule has 2 amide bonds. The molecule has 0 aromatic carbocycles. The van der Waals surface area contributed by atoms with Crippen LogP contribution in [0.4, 0.5) is 0 Å². The average molecular weight is 332 g/mol. The van der Waals surface area contributed by atoms with Crippen LogP contribution in [-0.2, 0) is 0 Å². The summed E-state index contributed by atoms with van der Waals surface area (Å²) in [5, 5.41) is 11.8. The summed E-state index contributed by atoms with van der Waals surface area (Å²) in [4.78, 5) is 32.5. The van der Waals surface area contributed by atoms with Crippen molar-refractivity contribution in [1.29, 1.82) is 0 Å². The summed E-state index contributed by atoms with van der Waals surface area (Å²) in [6.07, 6.45) is 3.85. The molecule has 7 heteroatoms. The van der Waals surface area contributed by atoms with Crippen LogP contribution in [0, 0.1) is 5.92 Å². The first-order valence-corrected chi connectivity index (χ1v) is 8.54. The van der Waals surface area contributed by atoms with E-state index >= 15 is 0 Å². The van der Waals surface area contributed by atoms with Crippen molar-refractivity contribution >= 4 is 11.8 Å². The minimum absolute atomic E-state index is 0.108. The van der Waals surface area contributed by atoms with E-state index in [0.29, 0.717) is 36.8 Å². The van der Waals surface area contributed by atoms with Gasteiger partial charge in [-0.3, -0.25) is 19.5 Å². The van der Waals surface area contributed by atoms with Gasteiger partial charge < -0.3 is 15.3 Å². The van der Waals surface area contributed by atoms with E-state index in [1.165, 1.54) is 19.0 Å². The summed E-state index contributed by atoms with van der Waals surface area (Å²) < 4.78 is 0. The number of nitrogens with one attached hydrogen (secondary N) is 1. The Hall–Kier alpha value is -1.99. The third-order valence-corrected chi connectivity index (χ3v) is 4.57. The molecule has 1 saturated carbocycles. The predicted octanol–water partition coefficient (Wildman–Crippen LogP) is -0.0285. The quantitative estimate of drug-likeness (QED) is 0.764. The van der Waals surface area contributed by atoms with E-state index < -0.39 is 0 Å². The average Bonchev–Trinajstić information content (AvgIpc) is 3.45. The van der Waals surface area contributed by atoms with Crippen molar-refractivity contribution in [3.8, 4) is 0 Å². The fraction of sp³-hybridized carbons (Fsp3) is 0.588. The Kier molecular flexibility index (Phi) is 5.42. The molecule has 1 aliphatic heterocycles. The van der Waals surface area contributed by atoms with Crippen molar-refractivity contribution in [3.63, 3.8) is 0 Å². The first kappa shape index (κ1) is 16.9. The second kappa shape index (κ2) is 7.72. The third-order valence-electron chi connectivity index (χ3n) is 4.57. The minimum atomic E-state index is -0.133. The maximum absolute atomic E-state index is 12.5. The molecular formula is C17H24N4O3. The molecule has 1 aromatic rings. The number of rotatable bonds is 6. The highest BCUT2D eigenvalue weighted by molar-refractivity contribution is 5.96. The van der Waals surface area contributed by atoms with Gasteiger partial charge in [0.1, 0.15) is 5.69 Å². The fourth-order valence-electron chi connectivity index (χ4n) is 2.79. The summed E-state index contributed by atoms with van der Waals surface area (Å²) in [7, 11) is 0. The van der Waals surface area contributed by atoms with Crippen LogP contribution in [0.15, 0.2) is 18.3 Å². The van der Waals surface area contributed by atoms with Crippen molar-refractivity contribution in [3.05, 3.63) is 29.6 Å². The predicted molar refractivity (Wildman–Crippen MR) is 88.7 cm³/mol. The summed E-state index contributed by atoms with van der Waals surface area (Å²) in [5.74, 6) is 0.391. The van der Waals surface area contributed by atoms with E-state index in [1.54, 1.807) is 17.0 Å². The van der Waals surface area contributed by atoms with Crippen LogP contribution in [0.1, 0.15) is 33.7 Å². The van der Waals surface area contributed by atoms with E-state index in [1.807, 2.05) is 0 Å². The van der Waals surface area contributed by atoms with Gasteiger partial charge in [-0.15, -0.1) is 0 Å². The molecule has 2 N–H and O–H groups in total. The zero-order chi connectivity index (χ0) is 16.9. The van der Waals surface area contributed by atoms with Gasteiger partial charge in [0, 0.05) is 45.5 Å².